The minimum absolute atomic E-state index is 0.119. The van der Waals surface area contributed by atoms with Crippen molar-refractivity contribution in [2.24, 2.45) is 0 Å². The molecule has 0 bridgehead atoms. The van der Waals surface area contributed by atoms with Crippen molar-refractivity contribution in [3.8, 4) is 11.8 Å². The topological polar surface area (TPSA) is 88.2 Å². The molecule has 0 aliphatic carbocycles. The second kappa shape index (κ2) is 7.27. The fourth-order valence-electron chi connectivity index (χ4n) is 2.11. The van der Waals surface area contributed by atoms with Gasteiger partial charge in [-0.3, -0.25) is 10.1 Å². The molecule has 0 aliphatic heterocycles. The molecule has 0 amide bonds. The number of hydrogen-bond acceptors (Lipinski definition) is 5. The number of nitro benzene ring substituents is 1. The highest BCUT2D eigenvalue weighted by molar-refractivity contribution is 5.64. The Morgan fingerprint density at radius 2 is 2.13 bits per heavy atom. The number of rotatable bonds is 6. The van der Waals surface area contributed by atoms with Gasteiger partial charge in [0, 0.05) is 6.07 Å². The van der Waals surface area contributed by atoms with Gasteiger partial charge in [0.15, 0.2) is 0 Å². The normalized spacial score (nSPS) is 11.3. The molecular weight excluding hydrogens is 294 g/mol. The van der Waals surface area contributed by atoms with Crippen molar-refractivity contribution in [3.63, 3.8) is 0 Å². The van der Waals surface area contributed by atoms with Gasteiger partial charge < -0.3 is 10.1 Å². The summed E-state index contributed by atoms with van der Waals surface area (Å²) in [5.41, 5.74) is 1.61. The Labute approximate surface area is 134 Å². The van der Waals surface area contributed by atoms with E-state index in [2.05, 4.69) is 5.32 Å². The molecule has 1 N–H and O–H groups in total. The zero-order valence-electron chi connectivity index (χ0n) is 12.9. The van der Waals surface area contributed by atoms with Crippen molar-refractivity contribution in [2.45, 2.75) is 19.9 Å². The van der Waals surface area contributed by atoms with Crippen LogP contribution in [-0.4, -0.2) is 17.6 Å². The van der Waals surface area contributed by atoms with Crippen molar-refractivity contribution >= 4 is 11.4 Å². The molecule has 2 aromatic rings. The molecule has 2 aromatic carbocycles. The van der Waals surface area contributed by atoms with Crippen LogP contribution in [0.25, 0.3) is 0 Å². The van der Waals surface area contributed by atoms with Crippen molar-refractivity contribution in [2.75, 3.05) is 11.9 Å². The Kier molecular flexibility index (Phi) is 5.15. The Balaban J connectivity index is 2.04. The van der Waals surface area contributed by atoms with E-state index in [-0.39, 0.29) is 17.3 Å². The average molecular weight is 311 g/mol. The molecule has 0 saturated carbocycles. The molecule has 118 valence electrons. The second-order valence-electron chi connectivity index (χ2n) is 5.27. The number of hydrogen-bond donors (Lipinski definition) is 1. The Hall–Kier alpha value is -3.07. The van der Waals surface area contributed by atoms with Crippen LogP contribution in [0.4, 0.5) is 11.4 Å². The lowest BCUT2D eigenvalue weighted by atomic mass is 10.1. The van der Waals surface area contributed by atoms with Gasteiger partial charge in [-0.25, -0.2) is 0 Å². The average Bonchev–Trinajstić information content (AvgIpc) is 2.53. The minimum Gasteiger partial charge on any atom is -0.491 e. The van der Waals surface area contributed by atoms with Crippen LogP contribution < -0.4 is 10.1 Å². The van der Waals surface area contributed by atoms with Gasteiger partial charge >= 0.3 is 0 Å². The predicted octanol–water partition coefficient (Wildman–Crippen LogP) is 3.65. The number of anilines is 1. The minimum atomic E-state index is -0.503. The summed E-state index contributed by atoms with van der Waals surface area (Å²) in [6.07, 6.45) is 0. The smallest absolute Gasteiger partial charge is 0.293 e. The standard InChI is InChI=1S/C17H17N3O3/c1-12-4-3-5-15(8-12)23-11-13(2)19-16-7-6-14(10-18)9-17(16)20(21)22/h3-9,13,19H,11H2,1-2H3. The van der Waals surface area contributed by atoms with E-state index in [0.717, 1.165) is 11.3 Å². The number of ether oxygens (including phenoxy) is 1. The van der Waals surface area contributed by atoms with Gasteiger partial charge in [-0.1, -0.05) is 12.1 Å². The molecule has 1 unspecified atom stereocenters. The molecule has 0 spiro atoms. The maximum Gasteiger partial charge on any atom is 0.293 e. The fourth-order valence-corrected chi connectivity index (χ4v) is 2.11. The van der Waals surface area contributed by atoms with Gasteiger partial charge in [-0.05, 0) is 43.7 Å². The van der Waals surface area contributed by atoms with Crippen LogP contribution in [0.1, 0.15) is 18.1 Å². The Bertz CT molecular complexity index is 753. The first-order valence-corrected chi connectivity index (χ1v) is 7.14. The largest absolute Gasteiger partial charge is 0.491 e. The zero-order valence-corrected chi connectivity index (χ0v) is 12.9. The highest BCUT2D eigenvalue weighted by Crippen LogP contribution is 2.26. The summed E-state index contributed by atoms with van der Waals surface area (Å²) in [5.74, 6) is 0.757. The summed E-state index contributed by atoms with van der Waals surface area (Å²) >= 11 is 0. The van der Waals surface area contributed by atoms with Crippen LogP contribution >= 0.6 is 0 Å². The van der Waals surface area contributed by atoms with Crippen molar-refractivity contribution < 1.29 is 9.66 Å². The van der Waals surface area contributed by atoms with E-state index >= 15 is 0 Å². The number of nitrogens with zero attached hydrogens (tertiary/aromatic N) is 2. The van der Waals surface area contributed by atoms with Crippen LogP contribution in [0.5, 0.6) is 5.75 Å². The Morgan fingerprint density at radius 1 is 1.35 bits per heavy atom. The molecule has 0 aromatic heterocycles. The van der Waals surface area contributed by atoms with E-state index in [0.29, 0.717) is 12.3 Å². The van der Waals surface area contributed by atoms with Crippen molar-refractivity contribution in [1.29, 1.82) is 5.26 Å². The first-order chi connectivity index (χ1) is 11.0. The maximum atomic E-state index is 11.1. The monoisotopic (exact) mass is 311 g/mol. The van der Waals surface area contributed by atoms with Crippen LogP contribution in [0.15, 0.2) is 42.5 Å². The molecular formula is C17H17N3O3. The van der Waals surface area contributed by atoms with E-state index in [1.807, 2.05) is 44.2 Å². The summed E-state index contributed by atoms with van der Waals surface area (Å²) in [4.78, 5) is 10.6. The van der Waals surface area contributed by atoms with Gasteiger partial charge in [0.05, 0.1) is 22.6 Å². The molecule has 6 heteroatoms. The van der Waals surface area contributed by atoms with E-state index in [1.165, 1.54) is 6.07 Å². The number of nitriles is 1. The molecule has 23 heavy (non-hydrogen) atoms. The highest BCUT2D eigenvalue weighted by atomic mass is 16.6. The summed E-state index contributed by atoms with van der Waals surface area (Å²) in [5, 5.41) is 23.0. The summed E-state index contributed by atoms with van der Waals surface area (Å²) < 4.78 is 5.68. The molecule has 0 radical (unpaired) electrons. The van der Waals surface area contributed by atoms with Crippen LogP contribution in [0, 0.1) is 28.4 Å². The van der Waals surface area contributed by atoms with Gasteiger partial charge in [0.1, 0.15) is 18.0 Å². The second-order valence-corrected chi connectivity index (χ2v) is 5.27. The third kappa shape index (κ3) is 4.45. The molecule has 0 aliphatic rings. The van der Waals surface area contributed by atoms with Gasteiger partial charge in [-0.15, -0.1) is 0 Å². The van der Waals surface area contributed by atoms with E-state index in [1.54, 1.807) is 12.1 Å². The number of nitro groups is 1. The molecule has 1 atom stereocenters. The first kappa shape index (κ1) is 16.3. The van der Waals surface area contributed by atoms with E-state index in [4.69, 9.17) is 10.00 Å². The quantitative estimate of drug-likeness (QED) is 0.649. The lowest BCUT2D eigenvalue weighted by molar-refractivity contribution is -0.384. The molecule has 0 heterocycles. The third-order valence-corrected chi connectivity index (χ3v) is 3.21. The number of aryl methyl sites for hydroxylation is 1. The van der Waals surface area contributed by atoms with Crippen molar-refractivity contribution in [1.82, 2.24) is 0 Å². The van der Waals surface area contributed by atoms with Crippen LogP contribution in [0.3, 0.4) is 0 Å². The summed E-state index contributed by atoms with van der Waals surface area (Å²) in [6.45, 7) is 4.22. The Morgan fingerprint density at radius 3 is 2.78 bits per heavy atom. The van der Waals surface area contributed by atoms with Crippen LogP contribution in [-0.2, 0) is 0 Å². The van der Waals surface area contributed by atoms with Gasteiger partial charge in [0.2, 0.25) is 0 Å². The van der Waals surface area contributed by atoms with Gasteiger partial charge in [-0.2, -0.15) is 5.26 Å². The molecule has 2 rings (SSSR count). The number of benzene rings is 2. The highest BCUT2D eigenvalue weighted by Gasteiger charge is 2.16. The lowest BCUT2D eigenvalue weighted by Gasteiger charge is -2.16. The molecule has 0 fully saturated rings. The molecule has 6 nitrogen and oxygen atoms in total. The van der Waals surface area contributed by atoms with E-state index in [9.17, 15) is 10.1 Å². The summed E-state index contributed by atoms with van der Waals surface area (Å²) in [7, 11) is 0. The van der Waals surface area contributed by atoms with Crippen LogP contribution in [0.2, 0.25) is 0 Å². The lowest BCUT2D eigenvalue weighted by Crippen LogP contribution is -2.24. The van der Waals surface area contributed by atoms with Crippen molar-refractivity contribution in [3.05, 3.63) is 63.7 Å². The zero-order chi connectivity index (χ0) is 16.8. The fraction of sp³-hybridized carbons (Fsp3) is 0.235. The first-order valence-electron chi connectivity index (χ1n) is 7.14. The summed E-state index contributed by atoms with van der Waals surface area (Å²) in [6, 6.07) is 13.8. The third-order valence-electron chi connectivity index (χ3n) is 3.21. The molecule has 0 saturated heterocycles. The number of nitrogens with one attached hydrogen (secondary N) is 1. The van der Waals surface area contributed by atoms with Gasteiger partial charge in [0.25, 0.3) is 5.69 Å². The SMILES string of the molecule is Cc1cccc(OCC(C)Nc2ccc(C#N)cc2[N+](=O)[O-])c1. The predicted molar refractivity (Wildman–Crippen MR) is 87.6 cm³/mol. The van der Waals surface area contributed by atoms with E-state index < -0.39 is 4.92 Å². The maximum absolute atomic E-state index is 11.1.